The number of rotatable bonds is 11. The van der Waals surface area contributed by atoms with E-state index in [0.717, 1.165) is 35.1 Å². The fourth-order valence-corrected chi connectivity index (χ4v) is 5.89. The lowest BCUT2D eigenvalue weighted by Gasteiger charge is -2.25. The van der Waals surface area contributed by atoms with Crippen molar-refractivity contribution in [3.63, 3.8) is 0 Å². The van der Waals surface area contributed by atoms with Gasteiger partial charge in [0.25, 0.3) is 10.0 Å². The Morgan fingerprint density at radius 1 is 0.895 bits per heavy atom. The maximum atomic E-state index is 13.7. The summed E-state index contributed by atoms with van der Waals surface area (Å²) >= 11 is 0. The number of likely N-dealkylation sites (tertiary alicyclic amines) is 1. The van der Waals surface area contributed by atoms with Crippen molar-refractivity contribution in [2.45, 2.75) is 37.8 Å². The Balaban J connectivity index is 1.50. The van der Waals surface area contributed by atoms with E-state index in [1.54, 1.807) is 42.5 Å². The third-order valence-corrected chi connectivity index (χ3v) is 8.46. The molecule has 9 heteroatoms. The molecule has 0 radical (unpaired) electrons. The van der Waals surface area contributed by atoms with Gasteiger partial charge in [-0.15, -0.1) is 0 Å². The summed E-state index contributed by atoms with van der Waals surface area (Å²) in [6.07, 6.45) is 2.51. The van der Waals surface area contributed by atoms with Gasteiger partial charge >= 0.3 is 0 Å². The summed E-state index contributed by atoms with van der Waals surface area (Å²) in [6, 6.07) is 19.5. The molecular formula is C29H35N3O5S. The van der Waals surface area contributed by atoms with Crippen LogP contribution in [0.2, 0.25) is 0 Å². The van der Waals surface area contributed by atoms with Crippen molar-refractivity contribution in [2.75, 3.05) is 38.2 Å². The molecule has 38 heavy (non-hydrogen) atoms. The van der Waals surface area contributed by atoms with E-state index in [1.165, 1.54) is 32.6 Å². The van der Waals surface area contributed by atoms with Gasteiger partial charge in [0.15, 0.2) is 11.5 Å². The van der Waals surface area contributed by atoms with Gasteiger partial charge in [0.2, 0.25) is 5.91 Å². The van der Waals surface area contributed by atoms with Crippen molar-refractivity contribution in [3.05, 3.63) is 83.4 Å². The van der Waals surface area contributed by atoms with Crippen LogP contribution in [0.5, 0.6) is 11.5 Å². The van der Waals surface area contributed by atoms with Crippen molar-refractivity contribution >= 4 is 21.6 Å². The minimum Gasteiger partial charge on any atom is -0.493 e. The van der Waals surface area contributed by atoms with Crippen LogP contribution in [0.25, 0.3) is 0 Å². The molecule has 0 aliphatic carbocycles. The lowest BCUT2D eigenvalue weighted by molar-refractivity contribution is -0.119. The van der Waals surface area contributed by atoms with E-state index in [4.69, 9.17) is 9.47 Å². The third-order valence-electron chi connectivity index (χ3n) is 6.67. The first-order valence-electron chi connectivity index (χ1n) is 12.7. The van der Waals surface area contributed by atoms with E-state index in [-0.39, 0.29) is 4.90 Å². The standard InChI is InChI=1S/C29H35N3O5S/c1-22-6-13-26(14-7-22)38(34,35)32(25-12-15-27(36-2)28(18-25)37-3)21-29(33)30-19-23-8-10-24(11-9-23)20-31-16-4-5-17-31/h6-15,18H,4-5,16-17,19-21H2,1-3H3,(H,30,33). The van der Waals surface area contributed by atoms with E-state index in [1.807, 2.05) is 19.1 Å². The van der Waals surface area contributed by atoms with E-state index < -0.39 is 22.5 Å². The highest BCUT2D eigenvalue weighted by Gasteiger charge is 2.28. The Kier molecular flexibility index (Phi) is 8.91. The van der Waals surface area contributed by atoms with Crippen LogP contribution in [0.4, 0.5) is 5.69 Å². The molecule has 3 aromatic carbocycles. The van der Waals surface area contributed by atoms with Gasteiger partial charge < -0.3 is 14.8 Å². The van der Waals surface area contributed by atoms with Crippen molar-refractivity contribution in [1.82, 2.24) is 10.2 Å². The van der Waals surface area contributed by atoms with E-state index in [9.17, 15) is 13.2 Å². The molecule has 1 aliphatic heterocycles. The van der Waals surface area contributed by atoms with Gasteiger partial charge in [-0.05, 0) is 68.2 Å². The lowest BCUT2D eigenvalue weighted by Crippen LogP contribution is -2.40. The van der Waals surface area contributed by atoms with Gasteiger partial charge in [-0.25, -0.2) is 8.42 Å². The average Bonchev–Trinajstić information content (AvgIpc) is 3.44. The summed E-state index contributed by atoms with van der Waals surface area (Å²) in [5.74, 6) is 0.404. The van der Waals surface area contributed by atoms with Gasteiger partial charge in [0, 0.05) is 19.2 Å². The van der Waals surface area contributed by atoms with Crippen molar-refractivity contribution in [3.8, 4) is 11.5 Å². The second kappa shape index (κ2) is 12.3. The number of carbonyl (C=O) groups is 1. The first kappa shape index (κ1) is 27.5. The first-order valence-corrected chi connectivity index (χ1v) is 14.1. The summed E-state index contributed by atoms with van der Waals surface area (Å²) in [6.45, 7) is 5.00. The van der Waals surface area contributed by atoms with Crippen LogP contribution in [0.3, 0.4) is 0 Å². The molecule has 1 fully saturated rings. The zero-order chi connectivity index (χ0) is 27.1. The molecule has 1 N–H and O–H groups in total. The van der Waals surface area contributed by atoms with Crippen molar-refractivity contribution in [2.24, 2.45) is 0 Å². The first-order chi connectivity index (χ1) is 18.3. The van der Waals surface area contributed by atoms with E-state index in [0.29, 0.717) is 23.7 Å². The summed E-state index contributed by atoms with van der Waals surface area (Å²) < 4.78 is 39.1. The monoisotopic (exact) mass is 537 g/mol. The number of carbonyl (C=O) groups excluding carboxylic acids is 1. The highest BCUT2D eigenvalue weighted by atomic mass is 32.2. The van der Waals surface area contributed by atoms with Crippen LogP contribution in [-0.2, 0) is 27.9 Å². The summed E-state index contributed by atoms with van der Waals surface area (Å²) in [7, 11) is -1.06. The molecule has 1 amide bonds. The molecule has 0 unspecified atom stereocenters. The number of hydrogen-bond donors (Lipinski definition) is 1. The minimum absolute atomic E-state index is 0.0966. The maximum absolute atomic E-state index is 13.7. The largest absolute Gasteiger partial charge is 0.493 e. The second-order valence-electron chi connectivity index (χ2n) is 9.44. The number of hydrogen-bond acceptors (Lipinski definition) is 6. The number of benzene rings is 3. The normalized spacial score (nSPS) is 13.8. The molecule has 1 saturated heterocycles. The smallest absolute Gasteiger partial charge is 0.264 e. The van der Waals surface area contributed by atoms with Crippen LogP contribution < -0.4 is 19.1 Å². The predicted octanol–water partition coefficient (Wildman–Crippen LogP) is 4.12. The number of methoxy groups -OCH3 is 2. The lowest BCUT2D eigenvalue weighted by atomic mass is 10.1. The number of nitrogens with one attached hydrogen (secondary N) is 1. The summed E-state index contributed by atoms with van der Waals surface area (Å²) in [4.78, 5) is 15.6. The van der Waals surface area contributed by atoms with Crippen LogP contribution in [0, 0.1) is 6.92 Å². The zero-order valence-electron chi connectivity index (χ0n) is 22.1. The van der Waals surface area contributed by atoms with Gasteiger partial charge in [-0.2, -0.15) is 0 Å². The molecule has 0 spiro atoms. The Hall–Kier alpha value is -3.56. The van der Waals surface area contributed by atoms with Gasteiger partial charge in [0.05, 0.1) is 24.8 Å². The zero-order valence-corrected chi connectivity index (χ0v) is 23.0. The van der Waals surface area contributed by atoms with Crippen LogP contribution >= 0.6 is 0 Å². The average molecular weight is 538 g/mol. The molecule has 1 aliphatic rings. The Morgan fingerprint density at radius 3 is 2.16 bits per heavy atom. The number of aryl methyl sites for hydroxylation is 1. The molecule has 3 aromatic rings. The number of ether oxygens (including phenoxy) is 2. The van der Waals surface area contributed by atoms with Gasteiger partial charge in [-0.1, -0.05) is 42.0 Å². The molecule has 0 saturated carbocycles. The molecule has 4 rings (SSSR count). The fourth-order valence-electron chi connectivity index (χ4n) is 4.48. The van der Waals surface area contributed by atoms with Crippen molar-refractivity contribution in [1.29, 1.82) is 0 Å². The molecule has 202 valence electrons. The Labute approximate surface area is 225 Å². The molecular weight excluding hydrogens is 502 g/mol. The van der Waals surface area contributed by atoms with Crippen molar-refractivity contribution < 1.29 is 22.7 Å². The number of anilines is 1. The van der Waals surface area contributed by atoms with Gasteiger partial charge in [0.1, 0.15) is 6.54 Å². The fraction of sp³-hybridized carbons (Fsp3) is 0.345. The number of amides is 1. The van der Waals surface area contributed by atoms with E-state index >= 15 is 0 Å². The third kappa shape index (κ3) is 6.65. The molecule has 0 atom stereocenters. The molecule has 1 heterocycles. The quantitative estimate of drug-likeness (QED) is 0.396. The Bertz CT molecular complexity index is 1340. The summed E-state index contributed by atoms with van der Waals surface area (Å²) in [5.41, 5.74) is 3.42. The molecule has 0 aromatic heterocycles. The van der Waals surface area contributed by atoms with E-state index in [2.05, 4.69) is 22.3 Å². The highest BCUT2D eigenvalue weighted by Crippen LogP contribution is 2.33. The highest BCUT2D eigenvalue weighted by molar-refractivity contribution is 7.92. The SMILES string of the molecule is COc1ccc(N(CC(=O)NCc2ccc(CN3CCCC3)cc2)S(=O)(=O)c2ccc(C)cc2)cc1OC. The van der Waals surface area contributed by atoms with Crippen LogP contribution in [0.1, 0.15) is 29.5 Å². The number of nitrogens with zero attached hydrogens (tertiary/aromatic N) is 2. The minimum atomic E-state index is -4.04. The molecule has 0 bridgehead atoms. The predicted molar refractivity (Wildman–Crippen MR) is 148 cm³/mol. The maximum Gasteiger partial charge on any atom is 0.264 e. The Morgan fingerprint density at radius 2 is 1.53 bits per heavy atom. The topological polar surface area (TPSA) is 88.2 Å². The number of sulfonamides is 1. The van der Waals surface area contributed by atoms with Crippen LogP contribution in [0.15, 0.2) is 71.6 Å². The van der Waals surface area contributed by atoms with Crippen LogP contribution in [-0.4, -0.2) is 53.1 Å². The molecule has 8 nitrogen and oxygen atoms in total. The summed E-state index contributed by atoms with van der Waals surface area (Å²) in [5, 5.41) is 2.86. The van der Waals surface area contributed by atoms with Gasteiger partial charge in [-0.3, -0.25) is 14.0 Å². The second-order valence-corrected chi connectivity index (χ2v) is 11.3.